The van der Waals surface area contributed by atoms with Crippen molar-refractivity contribution in [3.05, 3.63) is 0 Å². The third-order valence-corrected chi connectivity index (χ3v) is 3.71. The van der Waals surface area contributed by atoms with Crippen molar-refractivity contribution in [3.63, 3.8) is 0 Å². The van der Waals surface area contributed by atoms with Gasteiger partial charge in [-0.2, -0.15) is 0 Å². The molecule has 9 N–H and O–H groups in total. The lowest BCUT2D eigenvalue weighted by Gasteiger charge is -2.23. The summed E-state index contributed by atoms with van der Waals surface area (Å²) < 4.78 is 0. The van der Waals surface area contributed by atoms with E-state index in [1.165, 1.54) is 0 Å². The number of hydrazine groups is 1. The van der Waals surface area contributed by atoms with Gasteiger partial charge in [0, 0.05) is 19.3 Å². The molecule has 164 valence electrons. The van der Waals surface area contributed by atoms with E-state index in [-0.39, 0.29) is 6.42 Å². The van der Waals surface area contributed by atoms with Crippen molar-refractivity contribution in [1.29, 1.82) is 0 Å². The van der Waals surface area contributed by atoms with Crippen LogP contribution in [0.2, 0.25) is 0 Å². The predicted octanol–water partition coefficient (Wildman–Crippen LogP) is -2.53. The minimum atomic E-state index is -1.57. The molecule has 0 bridgehead atoms. The Balaban J connectivity index is 5.20. The van der Waals surface area contributed by atoms with Crippen LogP contribution in [0.4, 0.5) is 0 Å². The van der Waals surface area contributed by atoms with Crippen molar-refractivity contribution in [2.24, 2.45) is 5.84 Å². The van der Waals surface area contributed by atoms with Crippen LogP contribution >= 0.6 is 0 Å². The fourth-order valence-electron chi connectivity index (χ4n) is 2.16. The van der Waals surface area contributed by atoms with Crippen molar-refractivity contribution < 1.29 is 49.2 Å². The highest BCUT2D eigenvalue weighted by molar-refractivity contribution is 5.92. The van der Waals surface area contributed by atoms with Crippen LogP contribution in [0.25, 0.3) is 0 Å². The Bertz CT molecular complexity index is 639. The van der Waals surface area contributed by atoms with Crippen LogP contribution in [-0.4, -0.2) is 74.2 Å². The van der Waals surface area contributed by atoms with Crippen LogP contribution in [0.5, 0.6) is 0 Å². The van der Waals surface area contributed by atoms with Crippen molar-refractivity contribution in [2.45, 2.75) is 56.7 Å². The van der Waals surface area contributed by atoms with Crippen molar-refractivity contribution in [1.82, 2.24) is 16.1 Å². The number of carbonyl (C=O) groups is 6. The standard InChI is InChI=1S/C15H24N4O10/c16-19-8(2-5-11(22)23)14(27)17-7(1-4-10(20)21)13(26)18-9(15(28)29)3-6-12(24)25/h7-9,19H,1-6,16H2,(H,17,27)(H,18,26)(H,20,21)(H,22,23)(H,24,25)(H,28,29). The molecule has 0 radical (unpaired) electrons. The van der Waals surface area contributed by atoms with Crippen molar-refractivity contribution in [3.8, 4) is 0 Å². The van der Waals surface area contributed by atoms with Gasteiger partial charge in [-0.3, -0.25) is 29.8 Å². The summed E-state index contributed by atoms with van der Waals surface area (Å²) in [6.07, 6.45) is -2.54. The Labute approximate surface area is 164 Å². The zero-order valence-electron chi connectivity index (χ0n) is 15.3. The molecular formula is C15H24N4O10. The van der Waals surface area contributed by atoms with Gasteiger partial charge < -0.3 is 31.1 Å². The first-order valence-electron chi connectivity index (χ1n) is 8.43. The SMILES string of the molecule is NNC(CCC(=O)O)C(=O)NC(CCC(=O)O)C(=O)NC(CCC(=O)O)C(=O)O. The van der Waals surface area contributed by atoms with Crippen LogP contribution in [0.1, 0.15) is 38.5 Å². The maximum absolute atomic E-state index is 12.4. The summed E-state index contributed by atoms with van der Waals surface area (Å²) in [5, 5.41) is 39.4. The molecule has 0 heterocycles. The summed E-state index contributed by atoms with van der Waals surface area (Å²) >= 11 is 0. The summed E-state index contributed by atoms with van der Waals surface area (Å²) in [5.41, 5.74) is 2.08. The first-order valence-corrected chi connectivity index (χ1v) is 8.43. The lowest BCUT2D eigenvalue weighted by molar-refractivity contribution is -0.144. The van der Waals surface area contributed by atoms with Gasteiger partial charge in [0.05, 0.1) is 0 Å². The molecule has 0 rings (SSSR count). The number of nitrogens with one attached hydrogen (secondary N) is 3. The average Bonchev–Trinajstić information content (AvgIpc) is 2.61. The highest BCUT2D eigenvalue weighted by Gasteiger charge is 2.29. The van der Waals surface area contributed by atoms with Gasteiger partial charge in [0.15, 0.2) is 0 Å². The molecule has 0 fully saturated rings. The molecule has 3 atom stereocenters. The predicted molar refractivity (Wildman–Crippen MR) is 93.2 cm³/mol. The van der Waals surface area contributed by atoms with Gasteiger partial charge in [-0.1, -0.05) is 0 Å². The van der Waals surface area contributed by atoms with Crippen LogP contribution in [0.15, 0.2) is 0 Å². The van der Waals surface area contributed by atoms with E-state index in [1.54, 1.807) is 0 Å². The van der Waals surface area contributed by atoms with E-state index < -0.39 is 85.9 Å². The first-order chi connectivity index (χ1) is 13.5. The molecule has 0 aliphatic rings. The van der Waals surface area contributed by atoms with E-state index in [0.717, 1.165) is 0 Å². The summed E-state index contributed by atoms with van der Waals surface area (Å²) in [7, 11) is 0. The number of carboxylic acids is 4. The third-order valence-electron chi connectivity index (χ3n) is 3.71. The van der Waals surface area contributed by atoms with Crippen LogP contribution in [-0.2, 0) is 28.8 Å². The molecule has 3 unspecified atom stereocenters. The smallest absolute Gasteiger partial charge is 0.326 e. The molecule has 0 saturated carbocycles. The fraction of sp³-hybridized carbons (Fsp3) is 0.600. The average molecular weight is 420 g/mol. The number of rotatable bonds is 15. The number of hydrogen-bond donors (Lipinski definition) is 8. The molecule has 0 aliphatic heterocycles. The quantitative estimate of drug-likeness (QED) is 0.101. The highest BCUT2D eigenvalue weighted by Crippen LogP contribution is 2.05. The van der Waals surface area contributed by atoms with Crippen LogP contribution < -0.4 is 21.9 Å². The summed E-state index contributed by atoms with van der Waals surface area (Å²) in [6.45, 7) is 0. The number of aliphatic carboxylic acids is 4. The molecule has 0 aromatic heterocycles. The van der Waals surface area contributed by atoms with E-state index >= 15 is 0 Å². The second-order valence-corrected chi connectivity index (χ2v) is 5.98. The van der Waals surface area contributed by atoms with Crippen LogP contribution in [0, 0.1) is 0 Å². The zero-order chi connectivity index (χ0) is 22.6. The van der Waals surface area contributed by atoms with Gasteiger partial charge in [0.1, 0.15) is 18.1 Å². The molecule has 0 aliphatic carbocycles. The number of hydrogen-bond acceptors (Lipinski definition) is 8. The molecule has 0 aromatic rings. The Kier molecular flexibility index (Phi) is 11.5. The van der Waals surface area contributed by atoms with Gasteiger partial charge in [-0.15, -0.1) is 0 Å². The number of carboxylic acid groups (broad SMARTS) is 4. The lowest BCUT2D eigenvalue weighted by Crippen LogP contribution is -2.56. The minimum absolute atomic E-state index is 0.221. The lowest BCUT2D eigenvalue weighted by atomic mass is 10.1. The van der Waals surface area contributed by atoms with Crippen LogP contribution in [0.3, 0.4) is 0 Å². The molecule has 14 nitrogen and oxygen atoms in total. The second kappa shape index (κ2) is 13.0. The van der Waals surface area contributed by atoms with Gasteiger partial charge in [0.2, 0.25) is 11.8 Å². The Hall–Kier alpha value is -3.26. The molecule has 29 heavy (non-hydrogen) atoms. The molecule has 14 heteroatoms. The fourth-order valence-corrected chi connectivity index (χ4v) is 2.16. The number of nitrogens with two attached hydrogens (primary N) is 1. The molecule has 0 saturated heterocycles. The highest BCUT2D eigenvalue weighted by atomic mass is 16.4. The Morgan fingerprint density at radius 1 is 0.621 bits per heavy atom. The second-order valence-electron chi connectivity index (χ2n) is 5.98. The molecule has 2 amide bonds. The zero-order valence-corrected chi connectivity index (χ0v) is 15.3. The first kappa shape index (κ1) is 25.7. The molecule has 0 aromatic carbocycles. The van der Waals surface area contributed by atoms with Gasteiger partial charge in [0.25, 0.3) is 0 Å². The number of amides is 2. The maximum Gasteiger partial charge on any atom is 0.326 e. The van der Waals surface area contributed by atoms with Gasteiger partial charge in [-0.25, -0.2) is 10.2 Å². The Morgan fingerprint density at radius 3 is 1.34 bits per heavy atom. The molecule has 0 spiro atoms. The third kappa shape index (κ3) is 11.2. The number of carbonyl (C=O) groups excluding carboxylic acids is 2. The van der Waals surface area contributed by atoms with Gasteiger partial charge in [-0.05, 0) is 19.3 Å². The van der Waals surface area contributed by atoms with Gasteiger partial charge >= 0.3 is 23.9 Å². The van der Waals surface area contributed by atoms with E-state index in [1.807, 2.05) is 0 Å². The van der Waals surface area contributed by atoms with Crippen molar-refractivity contribution in [2.75, 3.05) is 0 Å². The minimum Gasteiger partial charge on any atom is -0.481 e. The normalized spacial score (nSPS) is 13.6. The summed E-state index contributed by atoms with van der Waals surface area (Å²) in [4.78, 5) is 67.8. The maximum atomic E-state index is 12.4. The van der Waals surface area contributed by atoms with E-state index in [2.05, 4.69) is 16.1 Å². The van der Waals surface area contributed by atoms with E-state index in [0.29, 0.717) is 0 Å². The summed E-state index contributed by atoms with van der Waals surface area (Å²) in [5.74, 6) is -2.00. The Morgan fingerprint density at radius 2 is 0.966 bits per heavy atom. The topological polar surface area (TPSA) is 245 Å². The van der Waals surface area contributed by atoms with Crippen molar-refractivity contribution >= 4 is 35.7 Å². The van der Waals surface area contributed by atoms with E-state index in [9.17, 15) is 28.8 Å². The summed E-state index contributed by atoms with van der Waals surface area (Å²) in [6, 6.07) is -4.24. The molecular weight excluding hydrogens is 396 g/mol. The van der Waals surface area contributed by atoms with E-state index in [4.69, 9.17) is 26.3 Å². The largest absolute Gasteiger partial charge is 0.481 e. The monoisotopic (exact) mass is 420 g/mol.